The molecule has 0 bridgehead atoms. The second kappa shape index (κ2) is 9.63. The summed E-state index contributed by atoms with van der Waals surface area (Å²) in [5.74, 6) is 0.226. The van der Waals surface area contributed by atoms with Gasteiger partial charge in [0.1, 0.15) is 11.9 Å². The SMILES string of the molecule is CCc1cc(Br)ccc1N1C(=O)CC(N2CCN/C2=C2\CC/C(=C/c3ccc(Cl)cc3)C2=O)C1=O. The van der Waals surface area contributed by atoms with Gasteiger partial charge in [-0.05, 0) is 66.8 Å². The Morgan fingerprint density at radius 2 is 1.89 bits per heavy atom. The average molecular weight is 555 g/mol. The van der Waals surface area contributed by atoms with Crippen LogP contribution in [0.1, 0.15) is 37.3 Å². The molecular weight excluding hydrogens is 530 g/mol. The molecule has 0 aromatic heterocycles. The molecule has 1 saturated carbocycles. The fourth-order valence-corrected chi connectivity index (χ4v) is 5.61. The molecule has 180 valence electrons. The van der Waals surface area contributed by atoms with Crippen LogP contribution in [0.5, 0.6) is 0 Å². The van der Waals surface area contributed by atoms with Crippen molar-refractivity contribution in [2.75, 3.05) is 18.0 Å². The Bertz CT molecular complexity index is 1290. The lowest BCUT2D eigenvalue weighted by Gasteiger charge is -2.26. The van der Waals surface area contributed by atoms with E-state index >= 15 is 0 Å². The number of ketones is 1. The third kappa shape index (κ3) is 4.43. The number of allylic oxidation sites excluding steroid dienone is 2. The van der Waals surface area contributed by atoms with Crippen molar-refractivity contribution >= 4 is 56.9 Å². The van der Waals surface area contributed by atoms with Crippen LogP contribution < -0.4 is 10.2 Å². The highest BCUT2D eigenvalue weighted by Crippen LogP contribution is 2.36. The van der Waals surface area contributed by atoms with Crippen molar-refractivity contribution in [1.29, 1.82) is 0 Å². The quantitative estimate of drug-likeness (QED) is 0.432. The van der Waals surface area contributed by atoms with E-state index in [2.05, 4.69) is 21.2 Å². The van der Waals surface area contributed by atoms with E-state index < -0.39 is 6.04 Å². The van der Waals surface area contributed by atoms with Gasteiger partial charge >= 0.3 is 0 Å². The molecule has 1 atom stereocenters. The minimum absolute atomic E-state index is 0.0100. The highest BCUT2D eigenvalue weighted by Gasteiger charge is 2.46. The normalized spacial score (nSPS) is 23.7. The third-order valence-electron chi connectivity index (χ3n) is 6.80. The zero-order valence-corrected chi connectivity index (χ0v) is 21.7. The van der Waals surface area contributed by atoms with Gasteiger partial charge in [0.05, 0.1) is 12.1 Å². The van der Waals surface area contributed by atoms with Gasteiger partial charge in [0, 0.05) is 33.7 Å². The smallest absolute Gasteiger partial charge is 0.257 e. The number of hydrogen-bond acceptors (Lipinski definition) is 5. The summed E-state index contributed by atoms with van der Waals surface area (Å²) in [5.41, 5.74) is 3.91. The second-order valence-electron chi connectivity index (χ2n) is 8.91. The Morgan fingerprint density at radius 1 is 1.11 bits per heavy atom. The zero-order chi connectivity index (χ0) is 24.7. The lowest BCUT2D eigenvalue weighted by molar-refractivity contribution is -0.122. The van der Waals surface area contributed by atoms with Crippen molar-refractivity contribution in [2.45, 2.75) is 38.6 Å². The molecule has 2 amide bonds. The van der Waals surface area contributed by atoms with Gasteiger partial charge in [-0.25, -0.2) is 4.90 Å². The number of imide groups is 1. The lowest BCUT2D eigenvalue weighted by atomic mass is 10.1. The third-order valence-corrected chi connectivity index (χ3v) is 7.55. The molecular formula is C27H25BrClN3O3. The van der Waals surface area contributed by atoms with Crippen LogP contribution in [0.25, 0.3) is 6.08 Å². The van der Waals surface area contributed by atoms with Crippen molar-refractivity contribution in [3.8, 4) is 0 Å². The standard InChI is InChI=1S/C27H25BrClN3O3/c1-2-17-14-19(28)6-10-22(17)32-24(33)15-23(27(32)35)31-12-11-30-26(31)21-9-5-18(25(21)34)13-16-3-7-20(29)8-4-16/h3-4,6-8,10,13-14,23,30H,2,5,9,11-12,15H2,1H3/b18-13-,26-21-. The molecule has 1 N–H and O–H groups in total. The number of carbonyl (C=O) groups excluding carboxylic acids is 3. The first-order valence-electron chi connectivity index (χ1n) is 11.8. The van der Waals surface area contributed by atoms with Gasteiger partial charge in [-0.2, -0.15) is 0 Å². The maximum absolute atomic E-state index is 13.5. The Morgan fingerprint density at radius 3 is 2.63 bits per heavy atom. The second-order valence-corrected chi connectivity index (χ2v) is 10.3. The van der Waals surface area contributed by atoms with E-state index in [-0.39, 0.29) is 24.0 Å². The molecule has 0 spiro atoms. The fourth-order valence-electron chi connectivity index (χ4n) is 5.07. The maximum atomic E-state index is 13.5. The topological polar surface area (TPSA) is 69.7 Å². The van der Waals surface area contributed by atoms with E-state index in [1.807, 2.05) is 48.2 Å². The number of anilines is 1. The predicted octanol–water partition coefficient (Wildman–Crippen LogP) is 4.86. The molecule has 35 heavy (non-hydrogen) atoms. The fraction of sp³-hybridized carbons (Fsp3) is 0.296. The number of aryl methyl sites for hydroxylation is 1. The van der Waals surface area contributed by atoms with Gasteiger partial charge < -0.3 is 10.2 Å². The number of carbonyl (C=O) groups is 3. The molecule has 2 aromatic rings. The van der Waals surface area contributed by atoms with E-state index in [9.17, 15) is 14.4 Å². The van der Waals surface area contributed by atoms with Gasteiger partial charge in [-0.1, -0.05) is 46.6 Å². The Hall–Kier alpha value is -2.90. The summed E-state index contributed by atoms with van der Waals surface area (Å²) in [7, 11) is 0. The Kier molecular flexibility index (Phi) is 6.55. The molecule has 3 fully saturated rings. The summed E-state index contributed by atoms with van der Waals surface area (Å²) in [5, 5.41) is 3.97. The molecule has 1 unspecified atom stereocenters. The van der Waals surface area contributed by atoms with Crippen LogP contribution in [0, 0.1) is 0 Å². The summed E-state index contributed by atoms with van der Waals surface area (Å²) in [4.78, 5) is 43.1. The number of amides is 2. The monoisotopic (exact) mass is 553 g/mol. The van der Waals surface area contributed by atoms with E-state index in [1.165, 1.54) is 4.90 Å². The highest BCUT2D eigenvalue weighted by atomic mass is 79.9. The van der Waals surface area contributed by atoms with Crippen LogP contribution in [0.2, 0.25) is 5.02 Å². The number of rotatable bonds is 4. The van der Waals surface area contributed by atoms with Gasteiger partial charge in [-0.15, -0.1) is 0 Å². The van der Waals surface area contributed by atoms with Crippen molar-refractivity contribution in [1.82, 2.24) is 10.2 Å². The molecule has 2 saturated heterocycles. The van der Waals surface area contributed by atoms with Gasteiger partial charge in [-0.3, -0.25) is 14.4 Å². The van der Waals surface area contributed by atoms with Crippen molar-refractivity contribution in [3.63, 3.8) is 0 Å². The molecule has 2 aromatic carbocycles. The minimum Gasteiger partial charge on any atom is -0.370 e. The molecule has 2 aliphatic heterocycles. The van der Waals surface area contributed by atoms with E-state index in [0.717, 1.165) is 21.2 Å². The summed E-state index contributed by atoms with van der Waals surface area (Å²) in [6.45, 7) is 3.20. The van der Waals surface area contributed by atoms with Crippen LogP contribution in [-0.2, 0) is 20.8 Å². The average Bonchev–Trinajstić information content (AvgIpc) is 3.53. The van der Waals surface area contributed by atoms with E-state index in [0.29, 0.717) is 54.5 Å². The molecule has 2 heterocycles. The first-order chi connectivity index (χ1) is 16.9. The molecule has 1 aliphatic carbocycles. The Balaban J connectivity index is 1.42. The predicted molar refractivity (Wildman–Crippen MR) is 140 cm³/mol. The molecule has 3 aliphatic rings. The van der Waals surface area contributed by atoms with Gasteiger partial charge in [0.2, 0.25) is 5.91 Å². The number of nitrogens with zero attached hydrogens (tertiary/aromatic N) is 2. The molecule has 0 radical (unpaired) electrons. The number of nitrogens with one attached hydrogen (secondary N) is 1. The molecule has 6 nitrogen and oxygen atoms in total. The van der Waals surface area contributed by atoms with Crippen molar-refractivity contribution < 1.29 is 14.4 Å². The Labute approximate surface area is 217 Å². The first kappa shape index (κ1) is 23.8. The van der Waals surface area contributed by atoms with Gasteiger partial charge in [0.15, 0.2) is 5.78 Å². The molecule has 8 heteroatoms. The van der Waals surface area contributed by atoms with Crippen LogP contribution in [0.3, 0.4) is 0 Å². The summed E-state index contributed by atoms with van der Waals surface area (Å²) < 4.78 is 0.909. The van der Waals surface area contributed by atoms with Crippen LogP contribution >= 0.6 is 27.5 Å². The van der Waals surface area contributed by atoms with Crippen LogP contribution in [-0.4, -0.2) is 41.6 Å². The number of Topliss-reactive ketones (excluding diaryl/α,β-unsaturated/α-hetero) is 1. The minimum atomic E-state index is -0.620. The summed E-state index contributed by atoms with van der Waals surface area (Å²) >= 11 is 9.44. The molecule has 5 rings (SSSR count). The number of hydrogen-bond donors (Lipinski definition) is 1. The van der Waals surface area contributed by atoms with Crippen molar-refractivity contribution in [3.05, 3.63) is 80.1 Å². The van der Waals surface area contributed by atoms with Crippen LogP contribution in [0.15, 0.2) is 63.9 Å². The summed E-state index contributed by atoms with van der Waals surface area (Å²) in [6, 6.07) is 12.4. The zero-order valence-electron chi connectivity index (χ0n) is 19.3. The number of benzene rings is 2. The lowest BCUT2D eigenvalue weighted by Crippen LogP contribution is -2.41. The van der Waals surface area contributed by atoms with Crippen molar-refractivity contribution in [2.24, 2.45) is 0 Å². The van der Waals surface area contributed by atoms with E-state index in [1.54, 1.807) is 12.1 Å². The summed E-state index contributed by atoms with van der Waals surface area (Å²) in [6.07, 6.45) is 3.93. The van der Waals surface area contributed by atoms with E-state index in [4.69, 9.17) is 11.6 Å². The first-order valence-corrected chi connectivity index (χ1v) is 12.9. The highest BCUT2D eigenvalue weighted by molar-refractivity contribution is 9.10. The number of halogens is 2. The van der Waals surface area contributed by atoms with Crippen LogP contribution in [0.4, 0.5) is 5.69 Å². The largest absolute Gasteiger partial charge is 0.370 e. The van der Waals surface area contributed by atoms with Gasteiger partial charge in [0.25, 0.3) is 5.91 Å². The maximum Gasteiger partial charge on any atom is 0.257 e.